The molecule has 2 aromatic rings. The molecule has 0 amide bonds. The third-order valence-electron chi connectivity index (χ3n) is 5.30. The van der Waals surface area contributed by atoms with Gasteiger partial charge in [-0.2, -0.15) is 0 Å². The van der Waals surface area contributed by atoms with Crippen LogP contribution in [0.5, 0.6) is 5.75 Å². The fraction of sp³-hybridized carbons (Fsp3) is 0.360. The number of hydrogen-bond acceptors (Lipinski definition) is 5. The molecule has 0 saturated carbocycles. The maximum absolute atomic E-state index is 12.8. The quantitative estimate of drug-likeness (QED) is 0.168. The molecule has 2 rings (SSSR count). The number of nitrogens with zero attached hydrogens (tertiary/aromatic N) is 1. The highest BCUT2D eigenvalue weighted by atomic mass is 35.5. The minimum atomic E-state index is -1.24. The van der Waals surface area contributed by atoms with E-state index in [9.17, 15) is 19.5 Å². The van der Waals surface area contributed by atoms with Crippen LogP contribution in [-0.4, -0.2) is 40.7 Å². The van der Waals surface area contributed by atoms with Gasteiger partial charge in [-0.1, -0.05) is 18.0 Å². The summed E-state index contributed by atoms with van der Waals surface area (Å²) >= 11 is 5.87. The third-order valence-corrected chi connectivity index (χ3v) is 5.56. The molecule has 0 aliphatic rings. The van der Waals surface area contributed by atoms with E-state index in [0.29, 0.717) is 47.7 Å². The number of rotatable bonds is 13. The molecule has 0 bridgehead atoms. The Morgan fingerprint density at radius 3 is 2.09 bits per heavy atom. The minimum absolute atomic E-state index is 0.00811. The number of ether oxygens (including phenoxy) is 1. The number of halogens is 1. The van der Waals surface area contributed by atoms with E-state index in [1.807, 2.05) is 0 Å². The normalized spacial score (nSPS) is 12.0. The summed E-state index contributed by atoms with van der Waals surface area (Å²) in [7, 11) is 0. The summed E-state index contributed by atoms with van der Waals surface area (Å²) in [5, 5.41) is 10.1. The van der Waals surface area contributed by atoms with Gasteiger partial charge in [0.25, 0.3) is 0 Å². The first-order valence-electron chi connectivity index (χ1n) is 10.9. The molecule has 5 N–H and O–H groups in total. The number of Topliss-reactive ketones (excluding diaryl/α,β-unsaturated/α-hetero) is 1. The van der Waals surface area contributed by atoms with E-state index in [1.54, 1.807) is 62.4 Å². The molecule has 0 aliphatic carbocycles. The van der Waals surface area contributed by atoms with Crippen molar-refractivity contribution in [1.82, 2.24) is 0 Å². The van der Waals surface area contributed by atoms with Gasteiger partial charge in [0.2, 0.25) is 0 Å². The molecule has 2 aromatic carbocycles. The van der Waals surface area contributed by atoms with Crippen molar-refractivity contribution in [2.45, 2.75) is 45.1 Å². The van der Waals surface area contributed by atoms with Crippen LogP contribution < -0.4 is 16.2 Å². The van der Waals surface area contributed by atoms with E-state index < -0.39 is 17.5 Å². The SMILES string of the molecule is CC(C)(Oc1ccc(C(=O)c2ccc(Cl)cc2)cc1)C(=O)C[C@@H](CCCCN=C(N)N)C(=O)O. The first-order chi connectivity index (χ1) is 16.0. The Hall–Kier alpha value is -3.39. The van der Waals surface area contributed by atoms with Gasteiger partial charge < -0.3 is 21.3 Å². The Kier molecular flexibility index (Phi) is 9.62. The second-order valence-electron chi connectivity index (χ2n) is 8.44. The van der Waals surface area contributed by atoms with E-state index in [1.165, 1.54) is 0 Å². The molecule has 1 atom stereocenters. The number of guanidine groups is 1. The lowest BCUT2D eigenvalue weighted by Crippen LogP contribution is -2.40. The third kappa shape index (κ3) is 8.19. The van der Waals surface area contributed by atoms with Gasteiger partial charge in [-0.25, -0.2) is 0 Å². The molecule has 0 spiro atoms. The van der Waals surface area contributed by atoms with E-state index in [2.05, 4.69) is 4.99 Å². The molecule has 0 aliphatic heterocycles. The Morgan fingerprint density at radius 1 is 1.00 bits per heavy atom. The van der Waals surface area contributed by atoms with Gasteiger partial charge in [0.05, 0.1) is 5.92 Å². The van der Waals surface area contributed by atoms with Crippen LogP contribution in [0.4, 0.5) is 0 Å². The van der Waals surface area contributed by atoms with Crippen LogP contribution in [0.1, 0.15) is 55.5 Å². The van der Waals surface area contributed by atoms with Gasteiger partial charge in [0, 0.05) is 29.1 Å². The summed E-state index contributed by atoms with van der Waals surface area (Å²) in [5.41, 5.74) is 10.3. The standard InChI is InChI=1S/C25H30ClN3O5/c1-25(2,21(30)15-18(23(32)33)5-3-4-14-29-24(27)28)34-20-12-8-17(9-13-20)22(31)16-6-10-19(26)11-7-16/h6-13,18H,3-5,14-15H2,1-2H3,(H,32,33)(H4,27,28,29)/t18-/m1/s1. The van der Waals surface area contributed by atoms with E-state index in [-0.39, 0.29) is 23.9 Å². The van der Waals surface area contributed by atoms with Crippen molar-refractivity contribution in [2.75, 3.05) is 6.54 Å². The Morgan fingerprint density at radius 2 is 1.56 bits per heavy atom. The van der Waals surface area contributed by atoms with Crippen LogP contribution >= 0.6 is 11.6 Å². The molecule has 0 unspecified atom stereocenters. The van der Waals surface area contributed by atoms with Crippen molar-refractivity contribution in [2.24, 2.45) is 22.4 Å². The van der Waals surface area contributed by atoms with Gasteiger partial charge >= 0.3 is 5.97 Å². The fourth-order valence-corrected chi connectivity index (χ4v) is 3.41. The maximum atomic E-state index is 12.8. The van der Waals surface area contributed by atoms with Gasteiger partial charge in [-0.05, 0) is 75.2 Å². The highest BCUT2D eigenvalue weighted by Gasteiger charge is 2.33. The summed E-state index contributed by atoms with van der Waals surface area (Å²) in [6, 6.07) is 13.0. The second-order valence-corrected chi connectivity index (χ2v) is 8.87. The van der Waals surface area contributed by atoms with E-state index >= 15 is 0 Å². The van der Waals surface area contributed by atoms with E-state index in [4.69, 9.17) is 27.8 Å². The van der Waals surface area contributed by atoms with Gasteiger partial charge in [-0.3, -0.25) is 19.4 Å². The number of carbonyl (C=O) groups excluding carboxylic acids is 2. The van der Waals surface area contributed by atoms with Crippen LogP contribution in [0.2, 0.25) is 5.02 Å². The number of nitrogens with two attached hydrogens (primary N) is 2. The second kappa shape index (κ2) is 12.2. The first-order valence-corrected chi connectivity index (χ1v) is 11.3. The number of ketones is 2. The lowest BCUT2D eigenvalue weighted by atomic mass is 9.90. The molecule has 8 nitrogen and oxygen atoms in total. The monoisotopic (exact) mass is 487 g/mol. The molecule has 182 valence electrons. The predicted octanol–water partition coefficient (Wildman–Crippen LogP) is 3.83. The Labute approximate surface area is 204 Å². The highest BCUT2D eigenvalue weighted by molar-refractivity contribution is 6.30. The number of aliphatic imine (C=N–C) groups is 1. The number of carbonyl (C=O) groups is 3. The van der Waals surface area contributed by atoms with Crippen LogP contribution in [0.25, 0.3) is 0 Å². The predicted molar refractivity (Wildman–Crippen MR) is 131 cm³/mol. The van der Waals surface area contributed by atoms with Crippen molar-refractivity contribution in [3.8, 4) is 5.75 Å². The average molecular weight is 488 g/mol. The van der Waals surface area contributed by atoms with Crippen molar-refractivity contribution >= 4 is 35.1 Å². The Balaban J connectivity index is 1.97. The fourth-order valence-electron chi connectivity index (χ4n) is 3.29. The largest absolute Gasteiger partial charge is 0.481 e. The zero-order valence-electron chi connectivity index (χ0n) is 19.3. The molecule has 0 heterocycles. The van der Waals surface area contributed by atoms with Crippen molar-refractivity contribution in [1.29, 1.82) is 0 Å². The number of carboxylic acids is 1. The van der Waals surface area contributed by atoms with Gasteiger partial charge in [0.1, 0.15) is 5.75 Å². The van der Waals surface area contributed by atoms with Gasteiger partial charge in [-0.15, -0.1) is 0 Å². The minimum Gasteiger partial charge on any atom is -0.481 e. The van der Waals surface area contributed by atoms with Crippen LogP contribution in [0, 0.1) is 5.92 Å². The highest BCUT2D eigenvalue weighted by Crippen LogP contribution is 2.25. The number of aliphatic carboxylic acids is 1. The van der Waals surface area contributed by atoms with Gasteiger partial charge in [0.15, 0.2) is 23.1 Å². The van der Waals surface area contributed by atoms with Crippen LogP contribution in [0.3, 0.4) is 0 Å². The summed E-state index contributed by atoms with van der Waals surface area (Å²) in [6.07, 6.45) is 1.37. The van der Waals surface area contributed by atoms with Crippen molar-refractivity contribution in [3.05, 3.63) is 64.7 Å². The summed E-state index contributed by atoms with van der Waals surface area (Å²) in [6.45, 7) is 3.60. The summed E-state index contributed by atoms with van der Waals surface area (Å²) in [5.74, 6) is -1.96. The molecule has 0 aromatic heterocycles. The number of hydrogen-bond donors (Lipinski definition) is 3. The topological polar surface area (TPSA) is 145 Å². The smallest absolute Gasteiger partial charge is 0.306 e. The van der Waals surface area contributed by atoms with E-state index in [0.717, 1.165) is 0 Å². The lowest BCUT2D eigenvalue weighted by molar-refractivity contribution is -0.146. The lowest BCUT2D eigenvalue weighted by Gasteiger charge is -2.26. The maximum Gasteiger partial charge on any atom is 0.306 e. The van der Waals surface area contributed by atoms with Crippen molar-refractivity contribution in [3.63, 3.8) is 0 Å². The van der Waals surface area contributed by atoms with Crippen LogP contribution in [-0.2, 0) is 9.59 Å². The molecule has 34 heavy (non-hydrogen) atoms. The molecule has 0 radical (unpaired) electrons. The molecule has 0 saturated heterocycles. The summed E-state index contributed by atoms with van der Waals surface area (Å²) < 4.78 is 5.85. The average Bonchev–Trinajstić information content (AvgIpc) is 2.78. The molecular formula is C25H30ClN3O5. The zero-order chi connectivity index (χ0) is 25.3. The van der Waals surface area contributed by atoms with Crippen LogP contribution in [0.15, 0.2) is 53.5 Å². The number of unbranched alkanes of at least 4 members (excludes halogenated alkanes) is 1. The molecular weight excluding hydrogens is 458 g/mol. The number of benzene rings is 2. The summed E-state index contributed by atoms with van der Waals surface area (Å²) in [4.78, 5) is 40.9. The number of carboxylic acid groups (broad SMARTS) is 1. The molecule has 0 fully saturated rings. The zero-order valence-corrected chi connectivity index (χ0v) is 20.0. The molecule has 9 heteroatoms. The first kappa shape index (κ1) is 26.9. The Bertz CT molecular complexity index is 1030. The van der Waals surface area contributed by atoms with Crippen molar-refractivity contribution < 1.29 is 24.2 Å².